The second-order valence-electron chi connectivity index (χ2n) is 7.26. The number of benzene rings is 1. The summed E-state index contributed by atoms with van der Waals surface area (Å²) >= 11 is 0. The van der Waals surface area contributed by atoms with Crippen LogP contribution in [0.5, 0.6) is 0 Å². The van der Waals surface area contributed by atoms with Crippen LogP contribution >= 0.6 is 12.4 Å². The minimum absolute atomic E-state index is 0. The molecule has 1 fully saturated rings. The normalized spacial score (nSPS) is 19.2. The molecule has 2 aliphatic rings. The summed E-state index contributed by atoms with van der Waals surface area (Å²) in [6.07, 6.45) is 6.27. The molecule has 1 saturated heterocycles. The van der Waals surface area contributed by atoms with Crippen LogP contribution in [0, 0.1) is 6.92 Å². The molecule has 1 aliphatic carbocycles. The zero-order chi connectivity index (χ0) is 17.4. The minimum atomic E-state index is 0. The van der Waals surface area contributed by atoms with Crippen molar-refractivity contribution in [3.05, 3.63) is 46.8 Å². The smallest absolute Gasteiger partial charge is 0.274 e. The lowest BCUT2D eigenvalue weighted by Crippen LogP contribution is -2.40. The number of nitrogens with zero attached hydrogens (tertiary/aromatic N) is 3. The first-order chi connectivity index (χ1) is 12.2. The Hall–Kier alpha value is -1.85. The van der Waals surface area contributed by atoms with Crippen molar-refractivity contribution in [2.24, 2.45) is 5.73 Å². The zero-order valence-corrected chi connectivity index (χ0v) is 16.1. The van der Waals surface area contributed by atoms with Crippen LogP contribution < -0.4 is 5.73 Å². The molecule has 0 bridgehead atoms. The molecule has 6 heteroatoms. The van der Waals surface area contributed by atoms with E-state index in [2.05, 4.69) is 31.2 Å². The van der Waals surface area contributed by atoms with E-state index in [9.17, 15) is 4.79 Å². The van der Waals surface area contributed by atoms with Crippen LogP contribution in [0.1, 0.15) is 53.0 Å². The molecule has 1 amide bonds. The van der Waals surface area contributed by atoms with Gasteiger partial charge in [0.15, 0.2) is 5.69 Å². The predicted molar refractivity (Wildman–Crippen MR) is 105 cm³/mol. The molecule has 2 aromatic rings. The molecule has 26 heavy (non-hydrogen) atoms. The van der Waals surface area contributed by atoms with Gasteiger partial charge in [0.05, 0.1) is 5.69 Å². The molecule has 1 aliphatic heterocycles. The van der Waals surface area contributed by atoms with Gasteiger partial charge >= 0.3 is 0 Å². The Bertz CT molecular complexity index is 784. The van der Waals surface area contributed by atoms with Crippen LogP contribution in [0.2, 0.25) is 0 Å². The summed E-state index contributed by atoms with van der Waals surface area (Å²) in [6, 6.07) is 8.53. The number of hydrogen-bond acceptors (Lipinski definition) is 3. The first-order valence-corrected chi connectivity index (χ1v) is 9.38. The Morgan fingerprint density at radius 1 is 1.19 bits per heavy atom. The van der Waals surface area contributed by atoms with Crippen LogP contribution in [-0.4, -0.2) is 39.7 Å². The monoisotopic (exact) mass is 374 g/mol. The molecule has 0 saturated carbocycles. The molecule has 1 aromatic carbocycles. The maximum atomic E-state index is 13.2. The van der Waals surface area contributed by atoms with Gasteiger partial charge < -0.3 is 10.6 Å². The third-order valence-corrected chi connectivity index (χ3v) is 5.57. The largest absolute Gasteiger partial charge is 0.333 e. The second-order valence-corrected chi connectivity index (χ2v) is 7.26. The first-order valence-electron chi connectivity index (χ1n) is 9.38. The van der Waals surface area contributed by atoms with Gasteiger partial charge in [0.2, 0.25) is 0 Å². The van der Waals surface area contributed by atoms with Gasteiger partial charge in [-0.2, -0.15) is 5.10 Å². The van der Waals surface area contributed by atoms with Crippen molar-refractivity contribution in [2.45, 2.75) is 51.5 Å². The first kappa shape index (κ1) is 18.9. The average Bonchev–Trinajstić information content (AvgIpc) is 3.26. The molecule has 2 N–H and O–H groups in total. The molecule has 1 unspecified atom stereocenters. The van der Waals surface area contributed by atoms with Crippen molar-refractivity contribution in [1.82, 2.24) is 14.7 Å². The van der Waals surface area contributed by atoms with E-state index in [0.29, 0.717) is 12.2 Å². The number of nitrogens with two attached hydrogens (primary N) is 1. The highest BCUT2D eigenvalue weighted by Crippen LogP contribution is 2.29. The zero-order valence-electron chi connectivity index (χ0n) is 15.3. The molecule has 2 heterocycles. The number of carbonyl (C=O) groups excluding carboxylic acids is 1. The third kappa shape index (κ3) is 3.26. The van der Waals surface area contributed by atoms with Crippen LogP contribution in [0.15, 0.2) is 24.3 Å². The van der Waals surface area contributed by atoms with E-state index < -0.39 is 0 Å². The number of halogens is 1. The summed E-state index contributed by atoms with van der Waals surface area (Å²) in [5, 5.41) is 4.79. The molecule has 1 atom stereocenters. The quantitative estimate of drug-likeness (QED) is 0.898. The van der Waals surface area contributed by atoms with E-state index >= 15 is 0 Å². The number of fused-ring (bicyclic) bond motifs is 1. The van der Waals surface area contributed by atoms with Crippen molar-refractivity contribution >= 4 is 18.3 Å². The summed E-state index contributed by atoms with van der Waals surface area (Å²) < 4.78 is 1.99. The second kappa shape index (κ2) is 7.80. The number of aryl methyl sites for hydroxylation is 1. The van der Waals surface area contributed by atoms with Crippen molar-refractivity contribution < 1.29 is 4.79 Å². The van der Waals surface area contributed by atoms with Crippen molar-refractivity contribution in [1.29, 1.82) is 0 Å². The lowest BCUT2D eigenvalue weighted by molar-refractivity contribution is 0.0733. The molecule has 5 nitrogen and oxygen atoms in total. The number of likely N-dealkylation sites (tertiary alicyclic amines) is 1. The van der Waals surface area contributed by atoms with Gasteiger partial charge in [-0.3, -0.25) is 4.79 Å². The third-order valence-electron chi connectivity index (χ3n) is 5.57. The molecular formula is C20H27ClN4O. The molecular weight excluding hydrogens is 348 g/mol. The van der Waals surface area contributed by atoms with Gasteiger partial charge in [-0.1, -0.05) is 17.7 Å². The fourth-order valence-corrected chi connectivity index (χ4v) is 4.15. The highest BCUT2D eigenvalue weighted by molar-refractivity contribution is 5.94. The maximum Gasteiger partial charge on any atom is 0.274 e. The summed E-state index contributed by atoms with van der Waals surface area (Å²) in [6.45, 7) is 3.41. The molecule has 140 valence electrons. The Morgan fingerprint density at radius 2 is 1.92 bits per heavy atom. The van der Waals surface area contributed by atoms with E-state index in [4.69, 9.17) is 10.8 Å². The Balaban J connectivity index is 0.00000196. The van der Waals surface area contributed by atoms with Crippen molar-refractivity contribution in [3.8, 4) is 5.69 Å². The van der Waals surface area contributed by atoms with Crippen LogP contribution in [0.4, 0.5) is 0 Å². The number of rotatable bonds is 3. The maximum absolute atomic E-state index is 13.2. The van der Waals surface area contributed by atoms with Gasteiger partial charge in [-0.05, 0) is 57.6 Å². The molecule has 0 spiro atoms. The highest BCUT2D eigenvalue weighted by Gasteiger charge is 2.33. The van der Waals surface area contributed by atoms with Gasteiger partial charge in [-0.15, -0.1) is 12.4 Å². The van der Waals surface area contributed by atoms with E-state index in [1.807, 2.05) is 9.58 Å². The lowest BCUT2D eigenvalue weighted by Gasteiger charge is -2.23. The summed E-state index contributed by atoms with van der Waals surface area (Å²) in [5.41, 5.74) is 11.1. The Kier molecular flexibility index (Phi) is 5.68. The number of aromatic nitrogens is 2. The van der Waals surface area contributed by atoms with Crippen molar-refractivity contribution in [3.63, 3.8) is 0 Å². The Morgan fingerprint density at radius 3 is 2.65 bits per heavy atom. The molecule has 4 rings (SSSR count). The topological polar surface area (TPSA) is 64.2 Å². The standard InChI is InChI=1S/C20H26N4O.ClH/c1-14-8-10-15(11-9-14)24-18-7-3-2-6-17(18)19(22-24)20(25)23-12-4-5-16(23)13-21;/h8-11,16H,2-7,12-13,21H2,1H3;1H. The van der Waals surface area contributed by atoms with Crippen LogP contribution in [-0.2, 0) is 12.8 Å². The van der Waals surface area contributed by atoms with Crippen LogP contribution in [0.3, 0.4) is 0 Å². The SMILES string of the molecule is Cc1ccc(-n2nc(C(=O)N3CCCC3CN)c3c2CCCC3)cc1.Cl. The van der Waals surface area contributed by atoms with Gasteiger partial charge in [0, 0.05) is 30.4 Å². The van der Waals surface area contributed by atoms with Gasteiger partial charge in [0.25, 0.3) is 5.91 Å². The summed E-state index contributed by atoms with van der Waals surface area (Å²) in [4.78, 5) is 15.1. The summed E-state index contributed by atoms with van der Waals surface area (Å²) in [5.74, 6) is 0.0666. The Labute approximate surface area is 161 Å². The molecule has 0 radical (unpaired) electrons. The van der Waals surface area contributed by atoms with E-state index in [-0.39, 0.29) is 24.4 Å². The van der Waals surface area contributed by atoms with E-state index in [0.717, 1.165) is 56.3 Å². The van der Waals surface area contributed by atoms with Crippen molar-refractivity contribution in [2.75, 3.05) is 13.1 Å². The predicted octanol–water partition coefficient (Wildman–Crippen LogP) is 3.04. The average molecular weight is 375 g/mol. The van der Waals surface area contributed by atoms with Gasteiger partial charge in [-0.25, -0.2) is 4.68 Å². The number of amides is 1. The summed E-state index contributed by atoms with van der Waals surface area (Å²) in [7, 11) is 0. The lowest BCUT2D eigenvalue weighted by atomic mass is 9.95. The number of carbonyl (C=O) groups is 1. The fraction of sp³-hybridized carbons (Fsp3) is 0.500. The van der Waals surface area contributed by atoms with Gasteiger partial charge in [0.1, 0.15) is 0 Å². The van der Waals surface area contributed by atoms with E-state index in [1.165, 1.54) is 11.3 Å². The molecule has 1 aromatic heterocycles. The highest BCUT2D eigenvalue weighted by atomic mass is 35.5. The minimum Gasteiger partial charge on any atom is -0.333 e. The fourth-order valence-electron chi connectivity index (χ4n) is 4.15. The van der Waals surface area contributed by atoms with Crippen LogP contribution in [0.25, 0.3) is 5.69 Å². The van der Waals surface area contributed by atoms with E-state index in [1.54, 1.807) is 0 Å². The number of hydrogen-bond donors (Lipinski definition) is 1.